The summed E-state index contributed by atoms with van der Waals surface area (Å²) in [5.74, 6) is -0.504. The molecule has 3 rings (SSSR count). The van der Waals surface area contributed by atoms with Crippen LogP contribution in [-0.2, 0) is 9.47 Å². The summed E-state index contributed by atoms with van der Waals surface area (Å²) in [6, 6.07) is 5.38. The van der Waals surface area contributed by atoms with Gasteiger partial charge in [-0.05, 0) is 18.2 Å². The average molecular weight is 291 g/mol. The summed E-state index contributed by atoms with van der Waals surface area (Å²) >= 11 is 0. The van der Waals surface area contributed by atoms with Crippen molar-refractivity contribution in [2.24, 2.45) is 0 Å². The van der Waals surface area contributed by atoms with Gasteiger partial charge >= 0.3 is 0 Å². The molecule has 2 aliphatic heterocycles. The zero-order valence-corrected chi connectivity index (χ0v) is 12.2. The summed E-state index contributed by atoms with van der Waals surface area (Å²) in [7, 11) is 1.62. The van der Waals surface area contributed by atoms with Gasteiger partial charge in [0.1, 0.15) is 0 Å². The summed E-state index contributed by atoms with van der Waals surface area (Å²) in [4.78, 5) is 13.9. The third-order valence-corrected chi connectivity index (χ3v) is 4.20. The second-order valence-corrected chi connectivity index (χ2v) is 5.45. The molecule has 0 atom stereocenters. The van der Waals surface area contributed by atoms with Gasteiger partial charge in [0.25, 0.3) is 5.91 Å². The molecule has 0 saturated carbocycles. The summed E-state index contributed by atoms with van der Waals surface area (Å²) in [6.07, 6.45) is 1.63. The van der Waals surface area contributed by atoms with Crippen molar-refractivity contribution < 1.29 is 14.3 Å². The van der Waals surface area contributed by atoms with E-state index in [0.717, 1.165) is 31.6 Å². The van der Waals surface area contributed by atoms with E-state index in [1.54, 1.807) is 19.2 Å². The number of nitrogens with one attached hydrogen (secondary N) is 1. The maximum atomic E-state index is 11.8. The van der Waals surface area contributed by atoms with Crippen molar-refractivity contribution in [3.63, 3.8) is 0 Å². The Morgan fingerprint density at radius 1 is 1.29 bits per heavy atom. The summed E-state index contributed by atoms with van der Waals surface area (Å²) in [5.41, 5.74) is 8.29. The SMILES string of the molecule is CNC(=O)c1ccc(N)c(N2CCC3(CC2)OCCO3)c1. The Kier molecular flexibility index (Phi) is 3.73. The molecule has 6 heteroatoms. The quantitative estimate of drug-likeness (QED) is 0.794. The zero-order valence-electron chi connectivity index (χ0n) is 12.2. The molecule has 1 amide bonds. The van der Waals surface area contributed by atoms with Crippen molar-refractivity contribution >= 4 is 17.3 Å². The van der Waals surface area contributed by atoms with E-state index in [9.17, 15) is 4.79 Å². The van der Waals surface area contributed by atoms with Crippen molar-refractivity contribution in [3.05, 3.63) is 23.8 Å². The first-order valence-electron chi connectivity index (χ1n) is 7.28. The van der Waals surface area contributed by atoms with E-state index < -0.39 is 5.79 Å². The van der Waals surface area contributed by atoms with E-state index >= 15 is 0 Å². The van der Waals surface area contributed by atoms with Gasteiger partial charge in [0.2, 0.25) is 0 Å². The molecular weight excluding hydrogens is 270 g/mol. The molecule has 2 heterocycles. The average Bonchev–Trinajstić information content (AvgIpc) is 2.96. The van der Waals surface area contributed by atoms with Crippen LogP contribution in [0.5, 0.6) is 0 Å². The van der Waals surface area contributed by atoms with Crippen LogP contribution in [0.15, 0.2) is 18.2 Å². The fourth-order valence-electron chi connectivity index (χ4n) is 2.98. The molecule has 0 aromatic heterocycles. The van der Waals surface area contributed by atoms with Crippen LogP contribution in [0.25, 0.3) is 0 Å². The molecular formula is C15H21N3O3. The number of carbonyl (C=O) groups excluding carboxylic acids is 1. The normalized spacial score (nSPS) is 20.7. The lowest BCUT2D eigenvalue weighted by Crippen LogP contribution is -2.45. The number of anilines is 2. The highest BCUT2D eigenvalue weighted by molar-refractivity contribution is 5.96. The van der Waals surface area contributed by atoms with Crippen LogP contribution in [0.4, 0.5) is 11.4 Å². The van der Waals surface area contributed by atoms with Gasteiger partial charge in [-0.25, -0.2) is 0 Å². The molecule has 0 radical (unpaired) electrons. The minimum Gasteiger partial charge on any atom is -0.397 e. The van der Waals surface area contributed by atoms with E-state index in [1.807, 2.05) is 6.07 Å². The number of nitrogen functional groups attached to an aromatic ring is 1. The van der Waals surface area contributed by atoms with Crippen LogP contribution in [-0.4, -0.2) is 45.0 Å². The van der Waals surface area contributed by atoms with Gasteiger partial charge in [-0.1, -0.05) is 0 Å². The number of piperidine rings is 1. The highest BCUT2D eigenvalue weighted by atomic mass is 16.7. The van der Waals surface area contributed by atoms with Gasteiger partial charge in [-0.15, -0.1) is 0 Å². The van der Waals surface area contributed by atoms with Gasteiger partial charge in [0.15, 0.2) is 5.79 Å². The smallest absolute Gasteiger partial charge is 0.251 e. The molecule has 0 bridgehead atoms. The van der Waals surface area contributed by atoms with Crippen LogP contribution < -0.4 is 16.0 Å². The molecule has 1 spiro atoms. The lowest BCUT2D eigenvalue weighted by atomic mass is 10.0. The number of ether oxygens (including phenoxy) is 2. The van der Waals surface area contributed by atoms with Gasteiger partial charge < -0.3 is 25.4 Å². The lowest BCUT2D eigenvalue weighted by Gasteiger charge is -2.39. The fourth-order valence-corrected chi connectivity index (χ4v) is 2.98. The Morgan fingerprint density at radius 3 is 2.57 bits per heavy atom. The first-order chi connectivity index (χ1) is 10.1. The van der Waals surface area contributed by atoms with Gasteiger partial charge in [-0.3, -0.25) is 4.79 Å². The number of nitrogens with zero attached hydrogens (tertiary/aromatic N) is 1. The molecule has 3 N–H and O–H groups in total. The molecule has 1 aromatic carbocycles. The second-order valence-electron chi connectivity index (χ2n) is 5.45. The lowest BCUT2D eigenvalue weighted by molar-refractivity contribution is -0.169. The molecule has 0 aliphatic carbocycles. The molecule has 0 unspecified atom stereocenters. The van der Waals surface area contributed by atoms with Crippen molar-refractivity contribution in [2.75, 3.05) is 44.0 Å². The first-order valence-corrected chi connectivity index (χ1v) is 7.28. The Morgan fingerprint density at radius 2 is 1.95 bits per heavy atom. The van der Waals surface area contributed by atoms with Crippen LogP contribution in [0.2, 0.25) is 0 Å². The number of hydrogen-bond donors (Lipinski definition) is 2. The van der Waals surface area contributed by atoms with Crippen LogP contribution >= 0.6 is 0 Å². The topological polar surface area (TPSA) is 76.8 Å². The molecule has 2 aliphatic rings. The third-order valence-electron chi connectivity index (χ3n) is 4.20. The fraction of sp³-hybridized carbons (Fsp3) is 0.533. The maximum absolute atomic E-state index is 11.8. The Labute approximate surface area is 124 Å². The van der Waals surface area contributed by atoms with Crippen molar-refractivity contribution in [1.82, 2.24) is 5.32 Å². The largest absolute Gasteiger partial charge is 0.397 e. The zero-order chi connectivity index (χ0) is 14.9. The predicted octanol–water partition coefficient (Wildman–Crippen LogP) is 0.972. The predicted molar refractivity (Wildman–Crippen MR) is 80.3 cm³/mol. The summed E-state index contributed by atoms with van der Waals surface area (Å²) < 4.78 is 11.5. The number of rotatable bonds is 2. The third kappa shape index (κ3) is 2.69. The van der Waals surface area contributed by atoms with E-state index in [4.69, 9.17) is 15.2 Å². The van der Waals surface area contributed by atoms with Gasteiger partial charge in [0, 0.05) is 38.5 Å². The van der Waals surface area contributed by atoms with E-state index in [-0.39, 0.29) is 5.91 Å². The number of nitrogens with two attached hydrogens (primary N) is 1. The minimum absolute atomic E-state index is 0.104. The number of carbonyl (C=O) groups is 1. The maximum Gasteiger partial charge on any atom is 0.251 e. The highest BCUT2D eigenvalue weighted by Gasteiger charge is 2.40. The monoisotopic (exact) mass is 291 g/mol. The molecule has 2 saturated heterocycles. The Bertz CT molecular complexity index is 531. The van der Waals surface area contributed by atoms with Crippen molar-refractivity contribution in [2.45, 2.75) is 18.6 Å². The number of hydrogen-bond acceptors (Lipinski definition) is 5. The second kappa shape index (κ2) is 5.54. The molecule has 6 nitrogen and oxygen atoms in total. The number of amides is 1. The van der Waals surface area contributed by atoms with Gasteiger partial charge in [-0.2, -0.15) is 0 Å². The summed E-state index contributed by atoms with van der Waals surface area (Å²) in [6.45, 7) is 2.96. The first kappa shape index (κ1) is 14.2. The van der Waals surface area contributed by atoms with Crippen LogP contribution in [0.1, 0.15) is 23.2 Å². The number of benzene rings is 1. The standard InChI is InChI=1S/C15H21N3O3/c1-17-14(19)11-2-3-12(16)13(10-11)18-6-4-15(5-7-18)20-8-9-21-15/h2-3,10H,4-9,16H2,1H3,(H,17,19). The van der Waals surface area contributed by atoms with E-state index in [1.165, 1.54) is 0 Å². The van der Waals surface area contributed by atoms with E-state index in [2.05, 4.69) is 10.2 Å². The summed E-state index contributed by atoms with van der Waals surface area (Å²) in [5, 5.41) is 2.63. The van der Waals surface area contributed by atoms with E-state index in [0.29, 0.717) is 24.5 Å². The molecule has 114 valence electrons. The molecule has 1 aromatic rings. The van der Waals surface area contributed by atoms with Crippen LogP contribution in [0.3, 0.4) is 0 Å². The molecule has 21 heavy (non-hydrogen) atoms. The van der Waals surface area contributed by atoms with Crippen molar-refractivity contribution in [3.8, 4) is 0 Å². The van der Waals surface area contributed by atoms with Crippen LogP contribution in [0, 0.1) is 0 Å². The van der Waals surface area contributed by atoms with Gasteiger partial charge in [0.05, 0.1) is 24.6 Å². The Balaban J connectivity index is 1.76. The molecule has 2 fully saturated rings. The highest BCUT2D eigenvalue weighted by Crippen LogP contribution is 2.35. The minimum atomic E-state index is -0.399. The Hall–Kier alpha value is -1.79. The van der Waals surface area contributed by atoms with Crippen molar-refractivity contribution in [1.29, 1.82) is 0 Å².